The van der Waals surface area contributed by atoms with Crippen molar-refractivity contribution < 1.29 is 0 Å². The summed E-state index contributed by atoms with van der Waals surface area (Å²) in [6.45, 7) is 4.90. The average molecular weight is 329 g/mol. The summed E-state index contributed by atoms with van der Waals surface area (Å²) < 4.78 is 1.26. The molecule has 0 atom stereocenters. The first-order valence-corrected chi connectivity index (χ1v) is 8.61. The maximum atomic E-state index is 3.56. The zero-order valence-corrected chi connectivity index (χ0v) is 13.1. The zero-order chi connectivity index (χ0) is 12.4. The summed E-state index contributed by atoms with van der Waals surface area (Å²) in [6.07, 6.45) is 5.55. The summed E-state index contributed by atoms with van der Waals surface area (Å²) in [5, 5.41) is 3.46. The quantitative estimate of drug-likeness (QED) is 0.890. The molecule has 1 saturated carbocycles. The standard InChI is InChI=1S/C14H21BrN2S/c15-14-4-3-13(18-14)10-17(12-1-2-12)9-11-5-7-16-8-6-11/h3-4,11-12,16H,1-2,5-10H2. The van der Waals surface area contributed by atoms with Crippen LogP contribution in [0.4, 0.5) is 0 Å². The highest BCUT2D eigenvalue weighted by Crippen LogP contribution is 2.32. The minimum Gasteiger partial charge on any atom is -0.317 e. The average Bonchev–Trinajstić information content (AvgIpc) is 3.15. The van der Waals surface area contributed by atoms with E-state index in [-0.39, 0.29) is 0 Å². The fourth-order valence-electron chi connectivity index (χ4n) is 2.82. The molecule has 0 amide bonds. The van der Waals surface area contributed by atoms with E-state index < -0.39 is 0 Å². The molecule has 0 radical (unpaired) electrons. The van der Waals surface area contributed by atoms with E-state index in [1.165, 1.54) is 54.0 Å². The van der Waals surface area contributed by atoms with E-state index in [2.05, 4.69) is 38.3 Å². The number of piperidine rings is 1. The molecule has 0 spiro atoms. The van der Waals surface area contributed by atoms with Gasteiger partial charge in [0, 0.05) is 24.0 Å². The van der Waals surface area contributed by atoms with E-state index in [9.17, 15) is 0 Å². The molecule has 3 rings (SSSR count). The minimum atomic E-state index is 0.876. The first kappa shape index (κ1) is 13.1. The van der Waals surface area contributed by atoms with Crippen molar-refractivity contribution in [2.75, 3.05) is 19.6 Å². The Balaban J connectivity index is 1.57. The molecule has 1 aliphatic heterocycles. The first-order chi connectivity index (χ1) is 8.81. The van der Waals surface area contributed by atoms with Gasteiger partial charge >= 0.3 is 0 Å². The van der Waals surface area contributed by atoms with Gasteiger partial charge in [0.2, 0.25) is 0 Å². The lowest BCUT2D eigenvalue weighted by molar-refractivity contribution is 0.191. The lowest BCUT2D eigenvalue weighted by Crippen LogP contribution is -2.36. The third-order valence-electron chi connectivity index (χ3n) is 4.00. The maximum Gasteiger partial charge on any atom is 0.0701 e. The second-order valence-electron chi connectivity index (χ2n) is 5.56. The lowest BCUT2D eigenvalue weighted by atomic mass is 9.97. The Morgan fingerprint density at radius 1 is 1.22 bits per heavy atom. The lowest BCUT2D eigenvalue weighted by Gasteiger charge is -2.29. The van der Waals surface area contributed by atoms with Crippen molar-refractivity contribution in [1.82, 2.24) is 10.2 Å². The highest BCUT2D eigenvalue weighted by Gasteiger charge is 2.31. The van der Waals surface area contributed by atoms with Crippen molar-refractivity contribution in [2.24, 2.45) is 5.92 Å². The first-order valence-electron chi connectivity index (χ1n) is 7.00. The molecule has 2 heterocycles. The van der Waals surface area contributed by atoms with Gasteiger partial charge in [-0.3, -0.25) is 4.90 Å². The molecule has 4 heteroatoms. The van der Waals surface area contributed by atoms with Crippen LogP contribution in [-0.4, -0.2) is 30.6 Å². The third-order valence-corrected chi connectivity index (χ3v) is 5.61. The Morgan fingerprint density at radius 2 is 2.00 bits per heavy atom. The van der Waals surface area contributed by atoms with Crippen LogP contribution in [0.2, 0.25) is 0 Å². The Kier molecular flexibility index (Phi) is 4.39. The van der Waals surface area contributed by atoms with Crippen LogP contribution in [0.15, 0.2) is 15.9 Å². The molecule has 18 heavy (non-hydrogen) atoms. The van der Waals surface area contributed by atoms with E-state index in [1.807, 2.05) is 11.3 Å². The van der Waals surface area contributed by atoms with Gasteiger partial charge in [-0.15, -0.1) is 11.3 Å². The number of halogens is 1. The van der Waals surface area contributed by atoms with Crippen LogP contribution < -0.4 is 5.32 Å². The van der Waals surface area contributed by atoms with Gasteiger partial charge < -0.3 is 5.32 Å². The van der Waals surface area contributed by atoms with E-state index >= 15 is 0 Å². The highest BCUT2D eigenvalue weighted by atomic mass is 79.9. The number of hydrogen-bond acceptors (Lipinski definition) is 3. The van der Waals surface area contributed by atoms with Crippen molar-refractivity contribution >= 4 is 27.3 Å². The molecule has 2 nitrogen and oxygen atoms in total. The molecule has 0 bridgehead atoms. The molecule has 1 saturated heterocycles. The van der Waals surface area contributed by atoms with Crippen molar-refractivity contribution in [3.63, 3.8) is 0 Å². The molecular weight excluding hydrogens is 308 g/mol. The van der Waals surface area contributed by atoms with Gasteiger partial charge in [0.25, 0.3) is 0 Å². The zero-order valence-electron chi connectivity index (χ0n) is 10.7. The molecule has 100 valence electrons. The Labute approximate surface area is 122 Å². The highest BCUT2D eigenvalue weighted by molar-refractivity contribution is 9.11. The Morgan fingerprint density at radius 3 is 2.61 bits per heavy atom. The fourth-order valence-corrected chi connectivity index (χ4v) is 4.32. The predicted molar refractivity (Wildman–Crippen MR) is 81.0 cm³/mol. The van der Waals surface area contributed by atoms with Crippen LogP contribution in [-0.2, 0) is 6.54 Å². The minimum absolute atomic E-state index is 0.876. The molecule has 1 aromatic rings. The van der Waals surface area contributed by atoms with Gasteiger partial charge in [-0.25, -0.2) is 0 Å². The van der Waals surface area contributed by atoms with Crippen molar-refractivity contribution in [3.8, 4) is 0 Å². The summed E-state index contributed by atoms with van der Waals surface area (Å²) in [7, 11) is 0. The summed E-state index contributed by atoms with van der Waals surface area (Å²) >= 11 is 5.45. The van der Waals surface area contributed by atoms with Gasteiger partial charge in [0.05, 0.1) is 3.79 Å². The third kappa shape index (κ3) is 3.56. The molecular formula is C14H21BrN2S. The molecule has 1 aliphatic carbocycles. The summed E-state index contributed by atoms with van der Waals surface area (Å²) in [5.41, 5.74) is 0. The van der Waals surface area contributed by atoms with Crippen LogP contribution in [0.1, 0.15) is 30.6 Å². The normalized spacial score (nSPS) is 21.7. The Bertz CT molecular complexity index is 383. The Hall–Kier alpha value is 0.1000. The number of nitrogens with one attached hydrogen (secondary N) is 1. The molecule has 0 aromatic carbocycles. The largest absolute Gasteiger partial charge is 0.317 e. The number of thiophene rings is 1. The maximum absolute atomic E-state index is 3.56. The smallest absolute Gasteiger partial charge is 0.0701 e. The van der Waals surface area contributed by atoms with Crippen LogP contribution in [0.3, 0.4) is 0 Å². The number of hydrogen-bond donors (Lipinski definition) is 1. The van der Waals surface area contributed by atoms with Gasteiger partial charge in [-0.2, -0.15) is 0 Å². The van der Waals surface area contributed by atoms with Gasteiger partial charge in [-0.1, -0.05) is 0 Å². The van der Waals surface area contributed by atoms with E-state index in [0.717, 1.165) is 18.5 Å². The van der Waals surface area contributed by atoms with E-state index in [1.54, 1.807) is 0 Å². The second-order valence-corrected chi connectivity index (χ2v) is 8.11. The van der Waals surface area contributed by atoms with Crippen LogP contribution >= 0.6 is 27.3 Å². The summed E-state index contributed by atoms with van der Waals surface area (Å²) in [5.74, 6) is 0.912. The SMILES string of the molecule is Brc1ccc(CN(CC2CCNCC2)C2CC2)s1. The number of rotatable bonds is 5. The molecule has 2 fully saturated rings. The van der Waals surface area contributed by atoms with Crippen molar-refractivity contribution in [3.05, 3.63) is 20.8 Å². The fraction of sp³-hybridized carbons (Fsp3) is 0.714. The summed E-state index contributed by atoms with van der Waals surface area (Å²) in [6, 6.07) is 5.32. The molecule has 0 unspecified atom stereocenters. The number of nitrogens with zero attached hydrogens (tertiary/aromatic N) is 1. The van der Waals surface area contributed by atoms with Gasteiger partial charge in [0.1, 0.15) is 0 Å². The van der Waals surface area contributed by atoms with Gasteiger partial charge in [0.15, 0.2) is 0 Å². The van der Waals surface area contributed by atoms with E-state index in [0.29, 0.717) is 0 Å². The van der Waals surface area contributed by atoms with Crippen LogP contribution in [0.5, 0.6) is 0 Å². The van der Waals surface area contributed by atoms with E-state index in [4.69, 9.17) is 0 Å². The second kappa shape index (κ2) is 6.04. The summed E-state index contributed by atoms with van der Waals surface area (Å²) in [4.78, 5) is 4.23. The van der Waals surface area contributed by atoms with Crippen LogP contribution in [0.25, 0.3) is 0 Å². The van der Waals surface area contributed by atoms with Crippen molar-refractivity contribution in [2.45, 2.75) is 38.3 Å². The van der Waals surface area contributed by atoms with Gasteiger partial charge in [-0.05, 0) is 72.8 Å². The topological polar surface area (TPSA) is 15.3 Å². The molecule has 1 aromatic heterocycles. The van der Waals surface area contributed by atoms with Crippen LogP contribution in [0, 0.1) is 5.92 Å². The predicted octanol–water partition coefficient (Wildman–Crippen LogP) is 3.47. The monoisotopic (exact) mass is 328 g/mol. The molecule has 1 N–H and O–H groups in total. The molecule has 2 aliphatic rings. The van der Waals surface area contributed by atoms with Crippen molar-refractivity contribution in [1.29, 1.82) is 0 Å².